The molecule has 1 amide bonds. The SMILES string of the molecule is C[C@@H]1CN(c2cc(N3CCN(CC4=C(c5ccc(Cl)cc5)CC(C)(C)CC4)CC3)ccc2C(=O)NS(=O)(=O)c2ccc(NC3(F)CCOCC3)c([N+](=O)[O-])c2)c2cc3cc[nH]c3nc2O1. The lowest BCUT2D eigenvalue weighted by atomic mass is 9.72. The molecule has 5 heterocycles. The summed E-state index contributed by atoms with van der Waals surface area (Å²) >= 11 is 6.26. The highest BCUT2D eigenvalue weighted by atomic mass is 35.5. The van der Waals surface area contributed by atoms with E-state index in [0.717, 1.165) is 86.3 Å². The third-order valence-electron chi connectivity index (χ3n) is 12.9. The Morgan fingerprint density at radius 3 is 2.49 bits per heavy atom. The highest BCUT2D eigenvalue weighted by Crippen LogP contribution is 2.45. The van der Waals surface area contributed by atoms with E-state index < -0.39 is 37.2 Å². The minimum Gasteiger partial charge on any atom is -0.471 e. The number of nitro groups is 1. The molecule has 65 heavy (non-hydrogen) atoms. The third kappa shape index (κ3) is 9.50. The largest absolute Gasteiger partial charge is 0.471 e. The van der Waals surface area contributed by atoms with Gasteiger partial charge in [0.15, 0.2) is 5.79 Å². The number of amides is 1. The lowest BCUT2D eigenvalue weighted by molar-refractivity contribution is -0.384. The maximum absolute atomic E-state index is 15.5. The van der Waals surface area contributed by atoms with Gasteiger partial charge in [0, 0.05) is 73.9 Å². The molecule has 342 valence electrons. The Morgan fingerprint density at radius 2 is 1.75 bits per heavy atom. The van der Waals surface area contributed by atoms with Gasteiger partial charge in [-0.25, -0.2) is 17.5 Å². The van der Waals surface area contributed by atoms with Crippen LogP contribution in [0.1, 0.15) is 68.8 Å². The summed E-state index contributed by atoms with van der Waals surface area (Å²) in [5.41, 5.74) is 6.02. The number of hydrogen-bond acceptors (Lipinski definition) is 12. The van der Waals surface area contributed by atoms with Gasteiger partial charge in [0.1, 0.15) is 23.1 Å². The van der Waals surface area contributed by atoms with Gasteiger partial charge in [-0.3, -0.25) is 19.8 Å². The number of nitrogens with zero attached hydrogens (tertiary/aromatic N) is 5. The summed E-state index contributed by atoms with van der Waals surface area (Å²) < 4.78 is 56.9. The smallest absolute Gasteiger partial charge is 0.293 e. The molecule has 3 N–H and O–H groups in total. The number of anilines is 4. The number of alkyl halides is 1. The molecule has 1 atom stereocenters. The van der Waals surface area contributed by atoms with E-state index in [2.05, 4.69) is 50.8 Å². The molecule has 2 fully saturated rings. The number of carbonyl (C=O) groups is 1. The van der Waals surface area contributed by atoms with Crippen LogP contribution in [0.2, 0.25) is 5.02 Å². The number of halogens is 2. The molecule has 0 saturated carbocycles. The fourth-order valence-corrected chi connectivity index (χ4v) is 10.4. The maximum Gasteiger partial charge on any atom is 0.293 e. The summed E-state index contributed by atoms with van der Waals surface area (Å²) in [5.74, 6) is -2.56. The number of aromatic amines is 1. The van der Waals surface area contributed by atoms with Crippen LogP contribution in [0.5, 0.6) is 5.88 Å². The van der Waals surface area contributed by atoms with Crippen molar-refractivity contribution in [2.24, 2.45) is 5.41 Å². The van der Waals surface area contributed by atoms with Crippen molar-refractivity contribution < 1.29 is 32.0 Å². The number of aromatic nitrogens is 2. The second-order valence-electron chi connectivity index (χ2n) is 18.2. The molecule has 9 rings (SSSR count). The highest BCUT2D eigenvalue weighted by Gasteiger charge is 2.36. The fourth-order valence-electron chi connectivity index (χ4n) is 9.31. The van der Waals surface area contributed by atoms with Gasteiger partial charge in [0.2, 0.25) is 5.88 Å². The molecule has 4 aliphatic rings. The number of fused-ring (bicyclic) bond motifs is 2. The van der Waals surface area contributed by atoms with E-state index in [4.69, 9.17) is 26.1 Å². The molecule has 3 aliphatic heterocycles. The zero-order valence-electron chi connectivity index (χ0n) is 36.5. The van der Waals surface area contributed by atoms with E-state index in [1.165, 1.54) is 16.7 Å². The lowest BCUT2D eigenvalue weighted by Crippen LogP contribution is -2.47. The van der Waals surface area contributed by atoms with E-state index >= 15 is 4.39 Å². The number of allylic oxidation sites excluding steroid dienone is 1. The van der Waals surface area contributed by atoms with E-state index in [0.29, 0.717) is 29.4 Å². The Kier molecular flexibility index (Phi) is 12.0. The molecule has 2 saturated heterocycles. The Morgan fingerprint density at radius 1 is 1.00 bits per heavy atom. The molecular formula is C47H52ClFN8O7S. The first-order valence-electron chi connectivity index (χ1n) is 21.9. The topological polar surface area (TPSA) is 175 Å². The van der Waals surface area contributed by atoms with Crippen LogP contribution < -0.4 is 24.6 Å². The minimum atomic E-state index is -4.68. The van der Waals surface area contributed by atoms with Crippen molar-refractivity contribution in [1.29, 1.82) is 0 Å². The Hall–Kier alpha value is -5.75. The van der Waals surface area contributed by atoms with Crippen molar-refractivity contribution >= 4 is 72.6 Å². The summed E-state index contributed by atoms with van der Waals surface area (Å²) in [5, 5.41) is 16.3. The van der Waals surface area contributed by atoms with Crippen molar-refractivity contribution in [2.75, 3.05) is 67.6 Å². The van der Waals surface area contributed by atoms with Crippen LogP contribution in [0.3, 0.4) is 0 Å². The molecule has 18 heteroatoms. The number of rotatable bonds is 11. The van der Waals surface area contributed by atoms with Gasteiger partial charge in [-0.05, 0) is 97.3 Å². The number of H-pyrrole nitrogens is 1. The van der Waals surface area contributed by atoms with Gasteiger partial charge >= 0.3 is 0 Å². The quantitative estimate of drug-likeness (QED) is 0.0653. The molecule has 0 unspecified atom stereocenters. The Balaban J connectivity index is 1.00. The number of piperazine rings is 1. The van der Waals surface area contributed by atoms with Gasteiger partial charge in [0.05, 0.1) is 40.8 Å². The number of hydrogen-bond donors (Lipinski definition) is 3. The number of carbonyl (C=O) groups excluding carboxylic acids is 1. The standard InChI is InChI=1S/C47H52ClFN8O7S/c1-30-28-56(42-24-32-13-17-50-43(32)51-45(42)64-30)40-25-35(55-20-18-54(19-21-55)29-33-12-14-46(2,3)27-38(33)31-4-6-34(48)7-5-31)8-10-37(40)44(58)53-65(61,62)36-9-11-39(41(26-36)57(59)60)52-47(49)15-22-63-23-16-47/h4-11,13,17,24-26,30,52H,12,14-16,18-23,27-29H2,1-3H3,(H,50,51)(H,53,58)/t30-/m1/s1. The van der Waals surface area contributed by atoms with Crippen molar-refractivity contribution in [3.05, 3.63) is 111 Å². The van der Waals surface area contributed by atoms with Crippen molar-refractivity contribution in [3.63, 3.8) is 0 Å². The third-order valence-corrected chi connectivity index (χ3v) is 14.5. The summed E-state index contributed by atoms with van der Waals surface area (Å²) in [6, 6.07) is 20.4. The Labute approximate surface area is 382 Å². The predicted octanol–water partition coefficient (Wildman–Crippen LogP) is 8.84. The fraction of sp³-hybridized carbons (Fsp3) is 0.404. The van der Waals surface area contributed by atoms with Crippen LogP contribution in [0.25, 0.3) is 16.6 Å². The zero-order chi connectivity index (χ0) is 45.7. The van der Waals surface area contributed by atoms with Crippen molar-refractivity contribution in [3.8, 4) is 5.88 Å². The van der Waals surface area contributed by atoms with Crippen LogP contribution in [-0.4, -0.2) is 98.5 Å². The van der Waals surface area contributed by atoms with Crippen molar-refractivity contribution in [1.82, 2.24) is 19.6 Å². The number of sulfonamides is 1. The summed E-state index contributed by atoms with van der Waals surface area (Å²) in [7, 11) is -4.68. The molecular weight excluding hydrogens is 875 g/mol. The monoisotopic (exact) mass is 926 g/mol. The Bertz CT molecular complexity index is 2790. The van der Waals surface area contributed by atoms with E-state index in [1.807, 2.05) is 48.2 Å². The first-order valence-corrected chi connectivity index (χ1v) is 23.8. The molecule has 0 spiro atoms. The van der Waals surface area contributed by atoms with Gasteiger partial charge in [-0.2, -0.15) is 4.98 Å². The van der Waals surface area contributed by atoms with Gasteiger partial charge in [0.25, 0.3) is 21.6 Å². The van der Waals surface area contributed by atoms with Crippen LogP contribution >= 0.6 is 11.6 Å². The average Bonchev–Trinajstić information content (AvgIpc) is 3.73. The van der Waals surface area contributed by atoms with E-state index in [-0.39, 0.29) is 48.8 Å². The normalized spacial score (nSPS) is 20.0. The molecule has 3 aromatic carbocycles. The molecule has 0 radical (unpaired) electrons. The summed E-state index contributed by atoms with van der Waals surface area (Å²) in [6.07, 6.45) is 4.50. The van der Waals surface area contributed by atoms with Crippen LogP contribution in [0.4, 0.5) is 32.8 Å². The minimum absolute atomic E-state index is 0.0418. The van der Waals surface area contributed by atoms with Crippen molar-refractivity contribution in [2.45, 2.75) is 69.7 Å². The number of pyridine rings is 1. The second-order valence-corrected chi connectivity index (χ2v) is 20.4. The van der Waals surface area contributed by atoms with Crippen LogP contribution in [-0.2, 0) is 14.8 Å². The zero-order valence-corrected chi connectivity index (χ0v) is 38.1. The first-order chi connectivity index (χ1) is 31.0. The number of nitrogens with one attached hydrogen (secondary N) is 3. The number of benzene rings is 3. The predicted molar refractivity (Wildman–Crippen MR) is 250 cm³/mol. The van der Waals surface area contributed by atoms with E-state index in [9.17, 15) is 23.3 Å². The maximum atomic E-state index is 15.5. The molecule has 0 bridgehead atoms. The summed E-state index contributed by atoms with van der Waals surface area (Å²) in [4.78, 5) is 39.7. The van der Waals surface area contributed by atoms with Gasteiger partial charge in [-0.1, -0.05) is 43.2 Å². The van der Waals surface area contributed by atoms with Gasteiger partial charge in [-0.15, -0.1) is 0 Å². The van der Waals surface area contributed by atoms with Gasteiger partial charge < -0.3 is 29.6 Å². The average molecular weight is 927 g/mol. The van der Waals surface area contributed by atoms with Crippen LogP contribution in [0.15, 0.2) is 89.5 Å². The highest BCUT2D eigenvalue weighted by molar-refractivity contribution is 7.90. The molecule has 1 aliphatic carbocycles. The lowest BCUT2D eigenvalue weighted by Gasteiger charge is -2.40. The number of ether oxygens (including phenoxy) is 2. The molecule has 5 aromatic rings. The first kappa shape index (κ1) is 44.5. The molecule has 15 nitrogen and oxygen atoms in total. The van der Waals surface area contributed by atoms with Crippen LogP contribution in [0, 0.1) is 15.5 Å². The second kappa shape index (κ2) is 17.6. The number of nitro benzene ring substituents is 1. The van der Waals surface area contributed by atoms with E-state index in [1.54, 1.807) is 12.3 Å². The summed E-state index contributed by atoms with van der Waals surface area (Å²) in [6.45, 7) is 11.1. The molecule has 2 aromatic heterocycles.